The molecule has 0 aliphatic rings. The van der Waals surface area contributed by atoms with E-state index in [-0.39, 0.29) is 27.9 Å². The molecule has 0 saturated carbocycles. The number of benzene rings is 3. The molecular weight excluding hydrogens is 541 g/mol. The van der Waals surface area contributed by atoms with E-state index in [9.17, 15) is 40.3 Å². The van der Waals surface area contributed by atoms with Crippen LogP contribution in [-0.4, -0.2) is 31.2 Å². The minimum atomic E-state index is -5.19. The van der Waals surface area contributed by atoms with Gasteiger partial charge in [-0.1, -0.05) is 30.3 Å². The van der Waals surface area contributed by atoms with Crippen LogP contribution in [0.15, 0.2) is 60.7 Å². The van der Waals surface area contributed by atoms with Gasteiger partial charge in [0.25, 0.3) is 11.8 Å². The summed E-state index contributed by atoms with van der Waals surface area (Å²) in [6.07, 6.45) is -9.95. The molecule has 0 radical (unpaired) electrons. The average molecular weight is 569 g/mol. The third-order valence-corrected chi connectivity index (χ3v) is 7.23. The lowest BCUT2D eigenvalue weighted by molar-refractivity contribution is -0.228. The maximum Gasteiger partial charge on any atom is 0.426 e. The van der Waals surface area contributed by atoms with E-state index in [1.165, 1.54) is 45.2 Å². The van der Waals surface area contributed by atoms with E-state index in [1.807, 2.05) is 0 Å². The number of rotatable bonds is 6. The van der Waals surface area contributed by atoms with Gasteiger partial charge in [-0.15, -0.1) is 0 Å². The van der Waals surface area contributed by atoms with Gasteiger partial charge in [0, 0.05) is 29.4 Å². The Labute approximate surface area is 226 Å². The molecule has 40 heavy (non-hydrogen) atoms. The van der Waals surface area contributed by atoms with E-state index in [1.54, 1.807) is 0 Å². The van der Waals surface area contributed by atoms with Crippen molar-refractivity contribution in [2.75, 3.05) is 12.4 Å². The Morgan fingerprint density at radius 2 is 1.10 bits per heavy atom. The summed E-state index contributed by atoms with van der Waals surface area (Å²) in [6.45, 7) is 4.36. The minimum Gasteiger partial charge on any atom is -0.355 e. The smallest absolute Gasteiger partial charge is 0.355 e. The molecule has 2 unspecified atom stereocenters. The van der Waals surface area contributed by atoms with Crippen LogP contribution in [0.3, 0.4) is 0 Å². The van der Waals surface area contributed by atoms with Crippen molar-refractivity contribution in [2.24, 2.45) is 0 Å². The lowest BCUT2D eigenvalue weighted by Gasteiger charge is -2.33. The van der Waals surface area contributed by atoms with Gasteiger partial charge in [-0.3, -0.25) is 9.59 Å². The summed E-state index contributed by atoms with van der Waals surface area (Å²) in [5.74, 6) is -1.26. The van der Waals surface area contributed by atoms with Crippen molar-refractivity contribution < 1.29 is 40.3 Å². The summed E-state index contributed by atoms with van der Waals surface area (Å²) in [7, 11) is 1.40. The largest absolute Gasteiger partial charge is 0.426 e. The molecule has 0 spiro atoms. The van der Waals surface area contributed by atoms with Crippen molar-refractivity contribution in [3.05, 3.63) is 99.6 Å². The minimum absolute atomic E-state index is 0.0615. The maximum atomic E-state index is 14.6. The van der Waals surface area contributed by atoms with Gasteiger partial charge >= 0.3 is 12.4 Å². The molecule has 0 aromatic heterocycles. The molecule has 4 nitrogen and oxygen atoms in total. The zero-order valence-electron chi connectivity index (χ0n) is 22.2. The van der Waals surface area contributed by atoms with Crippen LogP contribution in [-0.2, 0) is 11.1 Å². The Morgan fingerprint density at radius 1 is 0.650 bits per heavy atom. The van der Waals surface area contributed by atoms with Crippen molar-refractivity contribution in [1.29, 1.82) is 0 Å². The Hall–Kier alpha value is -3.89. The van der Waals surface area contributed by atoms with Crippen LogP contribution in [0.25, 0.3) is 0 Å². The predicted octanol–water partition coefficient (Wildman–Crippen LogP) is 7.53. The first-order valence-corrected chi connectivity index (χ1v) is 12.0. The van der Waals surface area contributed by atoms with Crippen LogP contribution in [0.4, 0.5) is 36.4 Å². The highest BCUT2D eigenvalue weighted by Gasteiger charge is 2.54. The second-order valence-corrected chi connectivity index (χ2v) is 9.78. The molecule has 2 N–H and O–H groups in total. The number of hydrogen-bond acceptors (Lipinski definition) is 2. The Morgan fingerprint density at radius 3 is 1.50 bits per heavy atom. The monoisotopic (exact) mass is 568 g/mol. The summed E-state index contributed by atoms with van der Waals surface area (Å²) in [4.78, 5) is 24.7. The zero-order valence-corrected chi connectivity index (χ0v) is 22.2. The van der Waals surface area contributed by atoms with E-state index >= 15 is 0 Å². The molecule has 0 saturated heterocycles. The van der Waals surface area contributed by atoms with Gasteiger partial charge in [0.15, 0.2) is 0 Å². The first-order valence-electron chi connectivity index (χ1n) is 12.0. The van der Waals surface area contributed by atoms with Gasteiger partial charge in [-0.25, -0.2) is 4.39 Å². The van der Waals surface area contributed by atoms with Crippen LogP contribution in [0, 0.1) is 13.8 Å². The average Bonchev–Trinajstić information content (AvgIpc) is 2.89. The zero-order chi connectivity index (χ0) is 30.3. The van der Waals surface area contributed by atoms with E-state index in [0.717, 1.165) is 43.3 Å². The lowest BCUT2D eigenvalue weighted by atomic mass is 9.75. The number of hydrogen-bond donors (Lipinski definition) is 2. The fourth-order valence-electron chi connectivity index (χ4n) is 4.17. The fraction of sp³-hybridized carbons (Fsp3) is 0.310. The Bertz CT molecular complexity index is 1410. The predicted molar refractivity (Wildman–Crippen MR) is 137 cm³/mol. The fourth-order valence-corrected chi connectivity index (χ4v) is 4.17. The quantitative estimate of drug-likeness (QED) is 0.302. The van der Waals surface area contributed by atoms with Gasteiger partial charge in [-0.05, 0) is 80.3 Å². The summed E-state index contributed by atoms with van der Waals surface area (Å²) >= 11 is 0. The molecule has 214 valence electrons. The molecule has 2 amide bonds. The highest BCUT2D eigenvalue weighted by Crippen LogP contribution is 2.46. The van der Waals surface area contributed by atoms with Crippen molar-refractivity contribution in [1.82, 2.24) is 5.32 Å². The number of alkyl halides is 7. The Balaban J connectivity index is 1.95. The standard InChI is InChI=1S/C29H27F7N2O2/c1-16-14-22(27(4,30)29(34,35)36)15-23(17(16)2)38-25(40)19-8-12-21(13-9-19)26(3,28(31,32)33)20-10-6-18(7-11-20)24(39)37-5/h6-15H,1-5H3,(H,37,39)(H,38,40). The number of carbonyl (C=O) groups excluding carboxylic acids is 2. The maximum absolute atomic E-state index is 14.6. The van der Waals surface area contributed by atoms with Gasteiger partial charge in [-0.2, -0.15) is 26.3 Å². The van der Waals surface area contributed by atoms with Crippen LogP contribution in [0.5, 0.6) is 0 Å². The third kappa shape index (κ3) is 5.55. The normalized spacial score (nSPS) is 15.1. The van der Waals surface area contributed by atoms with Gasteiger partial charge in [0.1, 0.15) is 5.41 Å². The molecule has 0 bridgehead atoms. The van der Waals surface area contributed by atoms with Crippen molar-refractivity contribution in [3.63, 3.8) is 0 Å². The lowest BCUT2D eigenvalue weighted by Crippen LogP contribution is -2.40. The van der Waals surface area contributed by atoms with Crippen molar-refractivity contribution in [3.8, 4) is 0 Å². The summed E-state index contributed by atoms with van der Waals surface area (Å²) in [6, 6.07) is 11.5. The molecule has 3 rings (SSSR count). The van der Waals surface area contributed by atoms with Crippen molar-refractivity contribution in [2.45, 2.75) is 51.1 Å². The van der Waals surface area contributed by atoms with Crippen molar-refractivity contribution >= 4 is 17.5 Å². The van der Waals surface area contributed by atoms with Crippen LogP contribution < -0.4 is 10.6 Å². The molecule has 3 aromatic carbocycles. The van der Waals surface area contributed by atoms with E-state index in [2.05, 4.69) is 10.6 Å². The SMILES string of the molecule is CNC(=O)c1ccc(C(C)(c2ccc(C(=O)Nc3cc(C(C)(F)C(F)(F)F)cc(C)c3C)cc2)C(F)(F)F)cc1. The highest BCUT2D eigenvalue weighted by molar-refractivity contribution is 6.04. The molecule has 3 aromatic rings. The number of nitrogens with one attached hydrogen (secondary N) is 2. The van der Waals surface area contributed by atoms with Crippen LogP contribution in [0.1, 0.15) is 62.4 Å². The second-order valence-electron chi connectivity index (χ2n) is 9.78. The van der Waals surface area contributed by atoms with Crippen LogP contribution >= 0.6 is 0 Å². The molecule has 0 aliphatic carbocycles. The topological polar surface area (TPSA) is 58.2 Å². The summed E-state index contributed by atoms with van der Waals surface area (Å²) in [5, 5.41) is 4.83. The molecule has 0 fully saturated rings. The number of amides is 2. The second kappa shape index (κ2) is 10.6. The number of carbonyl (C=O) groups is 2. The number of halogens is 7. The first-order chi connectivity index (χ1) is 18.3. The van der Waals surface area contributed by atoms with E-state index in [4.69, 9.17) is 0 Å². The summed E-state index contributed by atoms with van der Waals surface area (Å²) < 4.78 is 97.5. The summed E-state index contributed by atoms with van der Waals surface area (Å²) in [5.41, 5.74) is -6.42. The molecule has 2 atom stereocenters. The van der Waals surface area contributed by atoms with Gasteiger partial charge < -0.3 is 10.6 Å². The van der Waals surface area contributed by atoms with E-state index < -0.39 is 40.8 Å². The molecule has 0 aliphatic heterocycles. The third-order valence-electron chi connectivity index (χ3n) is 7.23. The number of aryl methyl sites for hydroxylation is 1. The number of anilines is 1. The molecule has 11 heteroatoms. The Kier molecular flexibility index (Phi) is 8.11. The molecule has 0 heterocycles. The van der Waals surface area contributed by atoms with Crippen LogP contribution in [0.2, 0.25) is 0 Å². The van der Waals surface area contributed by atoms with Gasteiger partial charge in [0.2, 0.25) is 5.67 Å². The highest BCUT2D eigenvalue weighted by atomic mass is 19.4. The first kappa shape index (κ1) is 30.6. The van der Waals surface area contributed by atoms with E-state index in [0.29, 0.717) is 18.1 Å². The van der Waals surface area contributed by atoms with Gasteiger partial charge in [0.05, 0.1) is 0 Å². The molecular formula is C29H27F7N2O2.